The number of aromatic hydroxyl groups is 2. The van der Waals surface area contributed by atoms with E-state index in [1.807, 2.05) is 38.0 Å². The monoisotopic (exact) mass is 570 g/mol. The lowest BCUT2D eigenvalue weighted by molar-refractivity contribution is 0.364. The highest BCUT2D eigenvalue weighted by Crippen LogP contribution is 2.39. The van der Waals surface area contributed by atoms with Gasteiger partial charge in [-0.1, -0.05) is 0 Å². The maximum atomic E-state index is 13.9. The maximum absolute atomic E-state index is 13.9. The Bertz CT molecular complexity index is 1770. The largest absolute Gasteiger partial charge is 0.494 e. The molecular weight excluding hydrogens is 540 g/mol. The fraction of sp³-hybridized carbons (Fsp3) is 0.462. The first-order chi connectivity index (χ1) is 17.6. The molecule has 0 radical (unpaired) electrons. The SMILES string of the molecule is CN(C)CCCn1c(O)c2c3c(c4c(=O)n(CCCN(C)C)c(O)c5cc(Br)c(c1=O)c2c54)=NCCN=3. The third-order valence-corrected chi connectivity index (χ3v) is 7.61. The van der Waals surface area contributed by atoms with Gasteiger partial charge in [0.1, 0.15) is 0 Å². The van der Waals surface area contributed by atoms with Crippen molar-refractivity contribution in [3.05, 3.63) is 42.0 Å². The minimum Gasteiger partial charge on any atom is -0.494 e. The van der Waals surface area contributed by atoms with Gasteiger partial charge in [-0.3, -0.25) is 28.7 Å². The van der Waals surface area contributed by atoms with Gasteiger partial charge in [0.15, 0.2) is 0 Å². The highest BCUT2D eigenvalue weighted by Gasteiger charge is 2.27. The Kier molecular flexibility index (Phi) is 6.71. The number of pyridine rings is 2. The summed E-state index contributed by atoms with van der Waals surface area (Å²) in [6.07, 6.45) is 1.32. The summed E-state index contributed by atoms with van der Waals surface area (Å²) >= 11 is 3.56. The second kappa shape index (κ2) is 9.70. The summed E-state index contributed by atoms with van der Waals surface area (Å²) in [6.45, 7) is 2.98. The lowest BCUT2D eigenvalue weighted by Gasteiger charge is -2.21. The van der Waals surface area contributed by atoms with Crippen molar-refractivity contribution in [3.63, 3.8) is 0 Å². The molecule has 0 bridgehead atoms. The molecule has 2 aromatic carbocycles. The summed E-state index contributed by atoms with van der Waals surface area (Å²) in [6, 6.07) is 1.69. The van der Waals surface area contributed by atoms with E-state index < -0.39 is 0 Å². The predicted molar refractivity (Wildman–Crippen MR) is 148 cm³/mol. The number of aromatic nitrogens is 2. The summed E-state index contributed by atoms with van der Waals surface area (Å²) in [5.74, 6) is -0.355. The average Bonchev–Trinajstić information content (AvgIpc) is 2.84. The molecule has 11 heteroatoms. The zero-order valence-electron chi connectivity index (χ0n) is 21.5. The third-order valence-electron chi connectivity index (χ3n) is 6.98. The van der Waals surface area contributed by atoms with Gasteiger partial charge in [0, 0.05) is 33.7 Å². The Morgan fingerprint density at radius 2 is 1.30 bits per heavy atom. The lowest BCUT2D eigenvalue weighted by atomic mass is 9.94. The van der Waals surface area contributed by atoms with Crippen LogP contribution in [-0.4, -0.2) is 83.5 Å². The molecule has 1 aliphatic heterocycles. The molecule has 1 aliphatic rings. The van der Waals surface area contributed by atoms with E-state index in [2.05, 4.69) is 25.9 Å². The Morgan fingerprint density at radius 3 is 1.86 bits per heavy atom. The van der Waals surface area contributed by atoms with Crippen LogP contribution in [0.25, 0.3) is 32.3 Å². The highest BCUT2D eigenvalue weighted by atomic mass is 79.9. The summed E-state index contributed by atoms with van der Waals surface area (Å²) in [5, 5.41) is 25.9. The van der Waals surface area contributed by atoms with Gasteiger partial charge in [0.2, 0.25) is 11.8 Å². The minimum atomic E-state index is -0.374. The first-order valence-electron chi connectivity index (χ1n) is 12.4. The van der Waals surface area contributed by atoms with Gasteiger partial charge in [-0.05, 0) is 76.1 Å². The molecule has 196 valence electrons. The van der Waals surface area contributed by atoms with Crippen LogP contribution in [0.2, 0.25) is 0 Å². The van der Waals surface area contributed by atoms with Crippen LogP contribution in [0.4, 0.5) is 0 Å². The Hall–Kier alpha value is -3.02. The molecule has 0 spiro atoms. The van der Waals surface area contributed by atoms with Gasteiger partial charge in [0.05, 0.1) is 40.0 Å². The van der Waals surface area contributed by atoms with Gasteiger partial charge in [-0.15, -0.1) is 0 Å². The van der Waals surface area contributed by atoms with Crippen LogP contribution in [0.5, 0.6) is 11.8 Å². The van der Waals surface area contributed by atoms with E-state index in [-0.39, 0.29) is 22.9 Å². The van der Waals surface area contributed by atoms with Gasteiger partial charge < -0.3 is 20.0 Å². The van der Waals surface area contributed by atoms with E-state index in [4.69, 9.17) is 0 Å². The topological polar surface area (TPSA) is 116 Å². The normalized spacial score (nSPS) is 13.7. The Balaban J connectivity index is 1.94. The van der Waals surface area contributed by atoms with Crippen molar-refractivity contribution in [1.82, 2.24) is 18.9 Å². The van der Waals surface area contributed by atoms with Gasteiger partial charge >= 0.3 is 0 Å². The number of rotatable bonds is 8. The van der Waals surface area contributed by atoms with Crippen LogP contribution in [0.15, 0.2) is 30.1 Å². The summed E-state index contributed by atoms with van der Waals surface area (Å²) in [5.41, 5.74) is -0.734. The second-order valence-electron chi connectivity index (χ2n) is 10.1. The Morgan fingerprint density at radius 1 is 0.784 bits per heavy atom. The van der Waals surface area contributed by atoms with Crippen molar-refractivity contribution < 1.29 is 10.2 Å². The molecule has 0 fully saturated rings. The number of fused-ring (bicyclic) bond motifs is 3. The van der Waals surface area contributed by atoms with Crippen LogP contribution in [0.3, 0.4) is 0 Å². The number of hydrogen-bond donors (Lipinski definition) is 2. The van der Waals surface area contributed by atoms with Crippen LogP contribution >= 0.6 is 15.9 Å². The standard InChI is InChI=1S/C26H31BrN6O4/c1-30(2)9-5-11-32-23(34)14-13-15(27)17-18-16(14)19(25(32)36)21-22(29-8-7-28-21)20(18)26(37)33(24(17)35)12-6-10-31(3)4/h13,34,37H,5-12H2,1-4H3. The van der Waals surface area contributed by atoms with Gasteiger partial charge in [-0.2, -0.15) is 0 Å². The maximum Gasteiger partial charge on any atom is 0.263 e. The molecule has 37 heavy (non-hydrogen) atoms. The first-order valence-corrected chi connectivity index (χ1v) is 13.2. The van der Waals surface area contributed by atoms with E-state index in [0.717, 1.165) is 13.1 Å². The molecule has 0 saturated heterocycles. The van der Waals surface area contributed by atoms with Crippen molar-refractivity contribution in [2.45, 2.75) is 25.9 Å². The molecule has 10 nitrogen and oxygen atoms in total. The van der Waals surface area contributed by atoms with E-state index in [1.54, 1.807) is 6.07 Å². The van der Waals surface area contributed by atoms with Gasteiger partial charge in [0.25, 0.3) is 11.1 Å². The molecule has 2 N–H and O–H groups in total. The number of benzene rings is 2. The molecule has 4 aromatic rings. The van der Waals surface area contributed by atoms with Crippen molar-refractivity contribution in [2.24, 2.45) is 9.98 Å². The molecule has 0 atom stereocenters. The highest BCUT2D eigenvalue weighted by molar-refractivity contribution is 9.10. The van der Waals surface area contributed by atoms with Crippen LogP contribution < -0.4 is 21.8 Å². The third kappa shape index (κ3) is 4.09. The van der Waals surface area contributed by atoms with E-state index >= 15 is 0 Å². The number of halogens is 1. The fourth-order valence-electron chi connectivity index (χ4n) is 5.32. The molecule has 3 heterocycles. The molecule has 0 aliphatic carbocycles. The Labute approximate surface area is 221 Å². The van der Waals surface area contributed by atoms with Crippen molar-refractivity contribution >= 4 is 48.2 Å². The smallest absolute Gasteiger partial charge is 0.263 e. The van der Waals surface area contributed by atoms with E-state index in [9.17, 15) is 19.8 Å². The molecule has 0 unspecified atom stereocenters. The zero-order chi connectivity index (χ0) is 26.6. The zero-order valence-corrected chi connectivity index (χ0v) is 23.1. The van der Waals surface area contributed by atoms with Crippen molar-refractivity contribution in [1.29, 1.82) is 0 Å². The van der Waals surface area contributed by atoms with Crippen LogP contribution in [0.1, 0.15) is 12.8 Å². The quantitative estimate of drug-likeness (QED) is 0.308. The van der Waals surface area contributed by atoms with E-state index in [1.165, 1.54) is 9.13 Å². The molecule has 0 saturated carbocycles. The van der Waals surface area contributed by atoms with Crippen LogP contribution in [0, 0.1) is 0 Å². The first kappa shape index (κ1) is 25.6. The molecule has 2 aromatic heterocycles. The van der Waals surface area contributed by atoms with Gasteiger partial charge in [-0.25, -0.2) is 0 Å². The summed E-state index contributed by atoms with van der Waals surface area (Å²) in [4.78, 5) is 41.0. The number of nitrogens with zero attached hydrogens (tertiary/aromatic N) is 6. The molecule has 0 amide bonds. The van der Waals surface area contributed by atoms with E-state index in [0.29, 0.717) is 86.5 Å². The molecule has 5 rings (SSSR count). The summed E-state index contributed by atoms with van der Waals surface area (Å²) < 4.78 is 3.24. The average molecular weight is 571 g/mol. The predicted octanol–water partition coefficient (Wildman–Crippen LogP) is 1.24. The van der Waals surface area contributed by atoms with Crippen molar-refractivity contribution in [3.8, 4) is 11.8 Å². The van der Waals surface area contributed by atoms with Crippen LogP contribution in [-0.2, 0) is 13.1 Å². The van der Waals surface area contributed by atoms with Crippen molar-refractivity contribution in [2.75, 3.05) is 54.4 Å². The number of hydrogen-bond acceptors (Lipinski definition) is 8. The molecular formula is C26H31BrN6O4. The summed E-state index contributed by atoms with van der Waals surface area (Å²) in [7, 11) is 7.82. The lowest BCUT2D eigenvalue weighted by Crippen LogP contribution is -2.38. The minimum absolute atomic E-state index is 0.164. The fourth-order valence-corrected chi connectivity index (χ4v) is 5.92. The second-order valence-corrected chi connectivity index (χ2v) is 11.0.